The maximum Gasteiger partial charge on any atom is 0.410 e. The summed E-state index contributed by atoms with van der Waals surface area (Å²) in [6.07, 6.45) is 5.10. The standard InChI is InChI=1S/C34H37ClFN7O3/c1-18-16-42(33(45)46-34(3,4)5)19(2)15-41(18)30-23-14-24(35)28(22-8-6-7-9-25(22)36)39-31(23)43(32(44)40-30)29-26(20-10-11-20)37-17-38-27(29)21-12-13-21/h6-9,14,17-21H,10-13,15-16H2,1-5H3/t18-,19+/m0/s1. The lowest BCUT2D eigenvalue weighted by molar-refractivity contribution is 0.0130. The predicted octanol–water partition coefficient (Wildman–Crippen LogP) is 6.62. The number of piperazine rings is 1. The zero-order valence-electron chi connectivity index (χ0n) is 26.6. The molecule has 2 aliphatic carbocycles. The highest BCUT2D eigenvalue weighted by Gasteiger charge is 2.39. The Balaban J connectivity index is 1.43. The lowest BCUT2D eigenvalue weighted by Crippen LogP contribution is -2.59. The predicted molar refractivity (Wildman–Crippen MR) is 174 cm³/mol. The molecule has 0 N–H and O–H groups in total. The van der Waals surface area contributed by atoms with Gasteiger partial charge in [0.05, 0.1) is 33.2 Å². The molecular weight excluding hydrogens is 609 g/mol. The molecule has 7 rings (SSSR count). The Kier molecular flexibility index (Phi) is 7.49. The van der Waals surface area contributed by atoms with Gasteiger partial charge in [0.2, 0.25) is 0 Å². The number of ether oxygens (including phenoxy) is 1. The first kappa shape index (κ1) is 30.5. The minimum absolute atomic E-state index is 0.219. The van der Waals surface area contributed by atoms with Gasteiger partial charge in [0.15, 0.2) is 5.65 Å². The van der Waals surface area contributed by atoms with E-state index in [2.05, 4.69) is 15.0 Å². The van der Waals surface area contributed by atoms with Gasteiger partial charge in [-0.05, 0) is 78.5 Å². The van der Waals surface area contributed by atoms with Crippen LogP contribution in [-0.2, 0) is 4.74 Å². The maximum atomic E-state index is 15.1. The van der Waals surface area contributed by atoms with Crippen LogP contribution in [0.5, 0.6) is 0 Å². The molecule has 1 aliphatic heterocycles. The molecule has 1 saturated heterocycles. The zero-order valence-corrected chi connectivity index (χ0v) is 27.4. The summed E-state index contributed by atoms with van der Waals surface area (Å²) in [4.78, 5) is 50.1. The quantitative estimate of drug-likeness (QED) is 0.238. The highest BCUT2D eigenvalue weighted by molar-refractivity contribution is 6.33. The average Bonchev–Trinajstić information content (AvgIpc) is 3.91. The fourth-order valence-electron chi connectivity index (χ4n) is 6.31. The SMILES string of the molecule is C[C@@H]1CN(c2nc(=O)n(-c3c(C4CC4)ncnc3C3CC3)c3nc(-c4ccccc4F)c(Cl)cc23)[C@@H](C)CN1C(=O)OC(C)(C)C. The van der Waals surface area contributed by atoms with E-state index in [1.807, 2.05) is 39.5 Å². The Morgan fingerprint density at radius 1 is 0.978 bits per heavy atom. The van der Waals surface area contributed by atoms with Crippen molar-refractivity contribution >= 4 is 34.5 Å². The number of fused-ring (bicyclic) bond motifs is 1. The summed E-state index contributed by atoms with van der Waals surface area (Å²) in [7, 11) is 0. The van der Waals surface area contributed by atoms with Crippen LogP contribution in [0, 0.1) is 5.82 Å². The van der Waals surface area contributed by atoms with Gasteiger partial charge in [0, 0.05) is 42.6 Å². The molecule has 0 spiro atoms. The molecule has 0 bridgehead atoms. The molecule has 0 unspecified atom stereocenters. The van der Waals surface area contributed by atoms with Crippen LogP contribution in [-0.4, -0.2) is 66.3 Å². The molecule has 2 saturated carbocycles. The topological polar surface area (TPSA) is 106 Å². The first-order valence-electron chi connectivity index (χ1n) is 15.9. The number of carbonyl (C=O) groups is 1. The van der Waals surface area contributed by atoms with E-state index in [9.17, 15) is 9.59 Å². The van der Waals surface area contributed by atoms with Crippen LogP contribution in [0.4, 0.5) is 15.0 Å². The normalized spacial score (nSPS) is 20.3. The number of hydrogen-bond acceptors (Lipinski definition) is 8. The summed E-state index contributed by atoms with van der Waals surface area (Å²) in [6, 6.07) is 7.57. The van der Waals surface area contributed by atoms with E-state index in [1.165, 1.54) is 10.6 Å². The summed E-state index contributed by atoms with van der Waals surface area (Å²) < 4.78 is 22.3. The van der Waals surface area contributed by atoms with Crippen molar-refractivity contribution in [1.82, 2.24) is 29.4 Å². The molecule has 0 radical (unpaired) electrons. The van der Waals surface area contributed by atoms with Crippen LogP contribution in [0.2, 0.25) is 5.02 Å². The van der Waals surface area contributed by atoms with E-state index in [4.69, 9.17) is 21.3 Å². The van der Waals surface area contributed by atoms with Gasteiger partial charge in [-0.3, -0.25) is 0 Å². The lowest BCUT2D eigenvalue weighted by Gasteiger charge is -2.44. The van der Waals surface area contributed by atoms with E-state index in [-0.39, 0.29) is 46.3 Å². The van der Waals surface area contributed by atoms with Gasteiger partial charge >= 0.3 is 11.8 Å². The van der Waals surface area contributed by atoms with E-state index in [0.29, 0.717) is 35.6 Å². The second-order valence-corrected chi connectivity index (χ2v) is 14.2. The van der Waals surface area contributed by atoms with Gasteiger partial charge < -0.3 is 14.5 Å². The highest BCUT2D eigenvalue weighted by Crippen LogP contribution is 2.47. The molecule has 2 atom stereocenters. The minimum atomic E-state index is -0.627. The van der Waals surface area contributed by atoms with Gasteiger partial charge in [-0.2, -0.15) is 4.98 Å². The number of hydrogen-bond donors (Lipinski definition) is 0. The molecule has 4 aromatic rings. The average molecular weight is 646 g/mol. The number of rotatable bonds is 5. The molecular formula is C34H37ClFN7O3. The van der Waals surface area contributed by atoms with Crippen molar-refractivity contribution in [1.29, 1.82) is 0 Å². The van der Waals surface area contributed by atoms with Gasteiger partial charge in [-0.15, -0.1) is 0 Å². The summed E-state index contributed by atoms with van der Waals surface area (Å²) >= 11 is 6.88. The number of carbonyl (C=O) groups excluding carboxylic acids is 1. The Bertz CT molecular complexity index is 1890. The van der Waals surface area contributed by atoms with E-state index >= 15 is 4.39 Å². The second-order valence-electron chi connectivity index (χ2n) is 13.7. The Labute approximate surface area is 271 Å². The van der Waals surface area contributed by atoms with Crippen molar-refractivity contribution in [2.45, 2.75) is 89.8 Å². The molecule has 10 nitrogen and oxygen atoms in total. The summed E-state index contributed by atoms with van der Waals surface area (Å²) in [5, 5.41) is 0.773. The Hall–Kier alpha value is -4.12. The van der Waals surface area contributed by atoms with E-state index in [1.54, 1.807) is 35.5 Å². The van der Waals surface area contributed by atoms with Crippen LogP contribution in [0.25, 0.3) is 28.0 Å². The summed E-state index contributed by atoms with van der Waals surface area (Å²) in [6.45, 7) is 10.2. The van der Waals surface area contributed by atoms with E-state index in [0.717, 1.165) is 37.1 Å². The third-order valence-electron chi connectivity index (χ3n) is 8.85. The highest BCUT2D eigenvalue weighted by atomic mass is 35.5. The molecule has 12 heteroatoms. The van der Waals surface area contributed by atoms with Crippen molar-refractivity contribution in [2.24, 2.45) is 0 Å². The van der Waals surface area contributed by atoms with Crippen LogP contribution in [0.3, 0.4) is 0 Å². The molecule has 3 aromatic heterocycles. The van der Waals surface area contributed by atoms with Gasteiger partial charge in [0.1, 0.15) is 23.6 Å². The van der Waals surface area contributed by atoms with Crippen LogP contribution < -0.4 is 10.6 Å². The van der Waals surface area contributed by atoms with Crippen molar-refractivity contribution in [2.75, 3.05) is 18.0 Å². The number of amides is 1. The molecule has 3 fully saturated rings. The molecule has 3 aliphatic rings. The fourth-order valence-corrected chi connectivity index (χ4v) is 6.56. The number of benzene rings is 1. The molecule has 4 heterocycles. The molecule has 1 aromatic carbocycles. The van der Waals surface area contributed by atoms with E-state index < -0.39 is 17.1 Å². The number of nitrogens with zero attached hydrogens (tertiary/aromatic N) is 7. The summed E-state index contributed by atoms with van der Waals surface area (Å²) in [5.74, 6) is 0.377. The van der Waals surface area contributed by atoms with Crippen molar-refractivity contribution < 1.29 is 13.9 Å². The van der Waals surface area contributed by atoms with Crippen LogP contribution >= 0.6 is 11.6 Å². The van der Waals surface area contributed by atoms with Crippen LogP contribution in [0.15, 0.2) is 41.5 Å². The fraction of sp³-hybridized carbons (Fsp3) is 0.471. The smallest absolute Gasteiger partial charge is 0.410 e. The maximum absolute atomic E-state index is 15.1. The largest absolute Gasteiger partial charge is 0.444 e. The molecule has 46 heavy (non-hydrogen) atoms. The zero-order chi connectivity index (χ0) is 32.5. The van der Waals surface area contributed by atoms with Crippen molar-refractivity contribution in [3.63, 3.8) is 0 Å². The number of halogens is 2. The second kappa shape index (κ2) is 11.3. The third-order valence-corrected chi connectivity index (χ3v) is 9.14. The summed E-state index contributed by atoms with van der Waals surface area (Å²) in [5.41, 5.74) is 1.87. The Morgan fingerprint density at radius 2 is 1.63 bits per heavy atom. The minimum Gasteiger partial charge on any atom is -0.444 e. The molecule has 1 amide bonds. The first-order chi connectivity index (χ1) is 21.9. The monoisotopic (exact) mass is 645 g/mol. The molecule has 240 valence electrons. The van der Waals surface area contributed by atoms with Gasteiger partial charge in [-0.25, -0.2) is 33.5 Å². The van der Waals surface area contributed by atoms with Gasteiger partial charge in [0.25, 0.3) is 0 Å². The van der Waals surface area contributed by atoms with Crippen LogP contribution in [0.1, 0.15) is 83.5 Å². The van der Waals surface area contributed by atoms with Crippen molar-refractivity contribution in [3.05, 3.63) is 69.4 Å². The number of anilines is 1. The number of aromatic nitrogens is 5. The number of pyridine rings is 1. The Morgan fingerprint density at radius 3 is 2.24 bits per heavy atom. The van der Waals surface area contributed by atoms with Crippen molar-refractivity contribution in [3.8, 4) is 16.9 Å². The first-order valence-corrected chi connectivity index (χ1v) is 16.3. The van der Waals surface area contributed by atoms with Gasteiger partial charge in [-0.1, -0.05) is 23.7 Å². The third kappa shape index (κ3) is 5.59. The lowest BCUT2D eigenvalue weighted by atomic mass is 10.1.